The van der Waals surface area contributed by atoms with E-state index in [1.165, 1.54) is 0 Å². The van der Waals surface area contributed by atoms with E-state index in [9.17, 15) is 0 Å². The van der Waals surface area contributed by atoms with Crippen LogP contribution in [0, 0.1) is 31.1 Å². The third-order valence-corrected chi connectivity index (χ3v) is 0. The van der Waals surface area contributed by atoms with E-state index in [2.05, 4.69) is 0 Å². The molecule has 0 aliphatic rings. The van der Waals surface area contributed by atoms with Crippen LogP contribution >= 0.6 is 0 Å². The van der Waals surface area contributed by atoms with Crippen LogP contribution in [0.1, 0.15) is 0 Å². The molecule has 0 amide bonds. The van der Waals surface area contributed by atoms with E-state index >= 15 is 0 Å². The number of carboxylic acid groups (broad SMARTS) is 6. The van der Waals surface area contributed by atoms with E-state index in [4.69, 9.17) is 59.4 Å². The first kappa shape index (κ1) is 43.6. The first-order valence-corrected chi connectivity index (χ1v) is 2.90. The van der Waals surface area contributed by atoms with E-state index in [1.54, 1.807) is 0 Å². The second kappa shape index (κ2) is 234. The van der Waals surface area contributed by atoms with Crippen molar-refractivity contribution in [1.29, 1.82) is 0 Å². The second-order valence-electron chi connectivity index (χ2n) is 0.605. The number of hydrogen-bond donors (Lipinski definition) is 3. The molecule has 12 nitrogen and oxygen atoms in total. The third kappa shape index (κ3) is 674. The molecule has 0 atom stereocenters. The maximum Gasteiger partial charge on any atom is 3.00 e. The van der Waals surface area contributed by atoms with Crippen molar-refractivity contribution >= 4 is 38.8 Å². The summed E-state index contributed by atoms with van der Waals surface area (Å²) >= 11 is 0. The van der Waals surface area contributed by atoms with Gasteiger partial charge < -0.3 is 45.0 Å². The smallest absolute Gasteiger partial charge is 0.554 e. The van der Waals surface area contributed by atoms with Gasteiger partial charge >= 0.3 is 31.1 Å². The number of hydrogen-bond acceptors (Lipinski definition) is 9. The van der Waals surface area contributed by atoms with Gasteiger partial charge in [-0.1, -0.05) is 0 Å². The molecule has 13 heteroatoms. The predicted molar refractivity (Wildman–Crippen MR) is 44.3 cm³/mol. The van der Waals surface area contributed by atoms with Crippen molar-refractivity contribution in [3.8, 4) is 0 Å². The molecule has 0 saturated carbocycles. The van der Waals surface area contributed by atoms with E-state index in [0.29, 0.717) is 0 Å². The Morgan fingerprint density at radius 3 is 0.526 bits per heavy atom. The van der Waals surface area contributed by atoms with Crippen LogP contribution in [-0.4, -0.2) is 54.2 Å². The van der Waals surface area contributed by atoms with Gasteiger partial charge in [0.2, 0.25) is 0 Å². The number of rotatable bonds is 0. The Hall–Kier alpha value is -2.13. The fourth-order valence-corrected chi connectivity index (χ4v) is 0. The van der Waals surface area contributed by atoms with Crippen molar-refractivity contribution < 1.29 is 90.5 Å². The second-order valence-corrected chi connectivity index (χ2v) is 0.605. The monoisotopic (exact) mass is 511 g/mol. The van der Waals surface area contributed by atoms with Gasteiger partial charge in [-0.25, -0.2) is 0 Å². The summed E-state index contributed by atoms with van der Waals surface area (Å²) in [4.78, 5) is 49.8. The van der Waals surface area contributed by atoms with Crippen molar-refractivity contribution in [2.45, 2.75) is 0 Å². The van der Waals surface area contributed by atoms with E-state index < -0.39 is 19.4 Å². The average molecular weight is 511 g/mol. The topological polar surface area (TPSA) is 232 Å². The molecule has 1 radical (unpaired) electrons. The molecule has 0 heterocycles. The number of carbonyl (C=O) groups excluding carboxylic acids is 3. The Morgan fingerprint density at radius 1 is 0.526 bits per heavy atom. The molecular formula is C6H9O12U. The molecule has 0 aromatic rings. The molecule has 0 saturated heterocycles. The predicted octanol–water partition coefficient (Wildman–Crippen LogP) is -5.80. The SMILES string of the molecule is O=CO.O=CO.O=CO.O=C[O-].O=C[O-].O=C[O-].[U+3]. The molecule has 0 aliphatic carbocycles. The van der Waals surface area contributed by atoms with E-state index in [0.717, 1.165) is 0 Å². The maximum atomic E-state index is 8.36. The van der Waals surface area contributed by atoms with Gasteiger partial charge in [0, 0.05) is 19.4 Å². The summed E-state index contributed by atoms with van der Waals surface area (Å²) in [6, 6.07) is 0. The minimum atomic E-state index is -0.500. The zero-order valence-corrected chi connectivity index (χ0v) is 13.1. The molecule has 0 rings (SSSR count). The zero-order valence-electron chi connectivity index (χ0n) is 8.98. The zero-order chi connectivity index (χ0) is 16.2. The molecule has 0 spiro atoms. The standard InChI is InChI=1S/6CH2O2.U/c6*2-1-3;/h6*1H,(H,2,3);/q;;;;;;+3/p-3. The van der Waals surface area contributed by atoms with Crippen molar-refractivity contribution in [3.63, 3.8) is 0 Å². The Bertz CT molecular complexity index is 114. The summed E-state index contributed by atoms with van der Waals surface area (Å²) < 4.78 is 0. The van der Waals surface area contributed by atoms with Gasteiger partial charge in [0.05, 0.1) is 0 Å². The maximum absolute atomic E-state index is 8.36. The summed E-state index contributed by atoms with van der Waals surface area (Å²) in [5.41, 5.74) is 0. The van der Waals surface area contributed by atoms with E-state index in [1.807, 2.05) is 0 Å². The summed E-state index contributed by atoms with van der Waals surface area (Å²) in [7, 11) is 0. The minimum absolute atomic E-state index is 0. The van der Waals surface area contributed by atoms with Gasteiger partial charge in [-0.15, -0.1) is 0 Å². The normalized spacial score (nSPS) is 3.79. The van der Waals surface area contributed by atoms with Gasteiger partial charge in [-0.3, -0.25) is 14.4 Å². The summed E-state index contributed by atoms with van der Waals surface area (Å²) in [6.07, 6.45) is 0. The summed E-state index contributed by atoms with van der Waals surface area (Å²) in [5.74, 6) is 0. The quantitative estimate of drug-likeness (QED) is 0.258. The van der Waals surface area contributed by atoms with Crippen molar-refractivity contribution in [1.82, 2.24) is 0 Å². The molecule has 0 aromatic heterocycles. The van der Waals surface area contributed by atoms with Gasteiger partial charge in [-0.05, 0) is 0 Å². The van der Waals surface area contributed by atoms with Crippen molar-refractivity contribution in [3.05, 3.63) is 0 Å². The van der Waals surface area contributed by atoms with Crippen LogP contribution in [0.4, 0.5) is 0 Å². The Labute approximate surface area is 129 Å². The molecular weight excluding hydrogens is 502 g/mol. The summed E-state index contributed by atoms with van der Waals surface area (Å²) in [5, 5.41) is 45.4. The van der Waals surface area contributed by atoms with Gasteiger partial charge in [0.1, 0.15) is 0 Å². The molecule has 109 valence electrons. The van der Waals surface area contributed by atoms with E-state index in [-0.39, 0.29) is 50.5 Å². The van der Waals surface area contributed by atoms with Crippen molar-refractivity contribution in [2.75, 3.05) is 0 Å². The van der Waals surface area contributed by atoms with Crippen LogP contribution in [0.3, 0.4) is 0 Å². The average Bonchev–Trinajstić information content (AvgIpc) is 2.23. The molecule has 0 aliphatic heterocycles. The molecule has 0 unspecified atom stereocenters. The van der Waals surface area contributed by atoms with Crippen LogP contribution in [0.25, 0.3) is 0 Å². The van der Waals surface area contributed by atoms with Crippen LogP contribution in [-0.2, 0) is 28.8 Å². The van der Waals surface area contributed by atoms with Gasteiger partial charge in [0.15, 0.2) is 0 Å². The molecule has 19 heavy (non-hydrogen) atoms. The van der Waals surface area contributed by atoms with Crippen LogP contribution in [0.2, 0.25) is 0 Å². The van der Waals surface area contributed by atoms with Crippen LogP contribution in [0.5, 0.6) is 0 Å². The molecule has 0 bridgehead atoms. The third-order valence-electron chi connectivity index (χ3n) is 0. The first-order valence-electron chi connectivity index (χ1n) is 2.90. The fourth-order valence-electron chi connectivity index (χ4n) is 0. The Kier molecular flexibility index (Phi) is 537. The Morgan fingerprint density at radius 2 is 0.526 bits per heavy atom. The molecule has 0 aromatic carbocycles. The van der Waals surface area contributed by atoms with Crippen LogP contribution < -0.4 is 15.3 Å². The minimum Gasteiger partial charge on any atom is -0.554 e. The molecule has 3 N–H and O–H groups in total. The first-order chi connectivity index (χ1) is 8.49. The Balaban J connectivity index is -0.0000000180. The largest absolute Gasteiger partial charge is 3.00 e. The van der Waals surface area contributed by atoms with Gasteiger partial charge in [-0.2, -0.15) is 0 Å². The van der Waals surface area contributed by atoms with Crippen LogP contribution in [0.15, 0.2) is 0 Å². The fraction of sp³-hybridized carbons (Fsp3) is 0. The number of carbonyl (C=O) groups is 6. The van der Waals surface area contributed by atoms with Crippen molar-refractivity contribution in [2.24, 2.45) is 0 Å². The summed E-state index contributed by atoms with van der Waals surface area (Å²) in [6.45, 7) is -2.25. The van der Waals surface area contributed by atoms with Gasteiger partial charge in [0.25, 0.3) is 19.4 Å². The molecule has 0 fully saturated rings.